The molecule has 2 aliphatic rings. The number of carbonyl (C=O) groups is 1. The van der Waals surface area contributed by atoms with Crippen molar-refractivity contribution in [3.63, 3.8) is 0 Å². The van der Waals surface area contributed by atoms with Crippen LogP contribution in [0, 0.1) is 11.3 Å². The molecular weight excluding hydrogens is 390 g/mol. The number of ether oxygens (including phenoxy) is 2. The van der Waals surface area contributed by atoms with Gasteiger partial charge in [0.25, 0.3) is 0 Å². The monoisotopic (exact) mass is 413 g/mol. The van der Waals surface area contributed by atoms with Gasteiger partial charge in [-0.25, -0.2) is 4.79 Å². The van der Waals surface area contributed by atoms with Gasteiger partial charge in [0, 0.05) is 11.1 Å². The van der Waals surface area contributed by atoms with Gasteiger partial charge in [-0.1, -0.05) is 60.7 Å². The van der Waals surface area contributed by atoms with E-state index >= 15 is 0 Å². The molecule has 2 heterocycles. The van der Waals surface area contributed by atoms with Gasteiger partial charge in [0.1, 0.15) is 17.4 Å². The maximum atomic E-state index is 12.6. The first-order valence-corrected chi connectivity index (χ1v) is 10.2. The summed E-state index contributed by atoms with van der Waals surface area (Å²) in [5.74, 6) is 0.319. The Kier molecular flexibility index (Phi) is 5.76. The molecule has 0 saturated carbocycles. The molecule has 2 N–H and O–H groups in total. The molecule has 2 aromatic rings. The summed E-state index contributed by atoms with van der Waals surface area (Å²) in [5.41, 5.74) is 10.1. The smallest absolute Gasteiger partial charge is 0.410 e. The molecule has 156 valence electrons. The Hall–Kier alpha value is -3.98. The topological polar surface area (TPSA) is 88.6 Å². The largest absolute Gasteiger partial charge is 0.450 e. The van der Waals surface area contributed by atoms with Crippen molar-refractivity contribution >= 4 is 12.2 Å². The first-order valence-electron chi connectivity index (χ1n) is 10.2. The Bertz CT molecular complexity index is 1110. The lowest BCUT2D eigenvalue weighted by molar-refractivity contribution is 0.109. The van der Waals surface area contributed by atoms with Crippen molar-refractivity contribution in [1.82, 2.24) is 4.90 Å². The number of carbonyl (C=O) groups excluding carboxylic acids is 1. The zero-order valence-corrected chi connectivity index (χ0v) is 17.2. The van der Waals surface area contributed by atoms with Gasteiger partial charge in [-0.3, -0.25) is 4.90 Å². The van der Waals surface area contributed by atoms with Crippen molar-refractivity contribution in [3.8, 4) is 6.07 Å². The predicted octanol–water partition coefficient (Wildman–Crippen LogP) is 4.30. The van der Waals surface area contributed by atoms with Crippen LogP contribution in [0.15, 0.2) is 89.0 Å². The van der Waals surface area contributed by atoms with E-state index in [4.69, 9.17) is 15.2 Å². The van der Waals surface area contributed by atoms with Gasteiger partial charge in [0.05, 0.1) is 25.6 Å². The molecule has 0 saturated heterocycles. The van der Waals surface area contributed by atoms with Crippen molar-refractivity contribution in [2.24, 2.45) is 5.73 Å². The Morgan fingerprint density at radius 2 is 1.87 bits per heavy atom. The maximum Gasteiger partial charge on any atom is 0.410 e. The summed E-state index contributed by atoms with van der Waals surface area (Å²) < 4.78 is 11.3. The molecule has 6 heteroatoms. The first kappa shape index (κ1) is 20.3. The number of hydrogen-bond donors (Lipinski definition) is 1. The molecule has 2 aromatic carbocycles. The summed E-state index contributed by atoms with van der Waals surface area (Å²) in [5, 5.41) is 9.83. The van der Waals surface area contributed by atoms with Gasteiger partial charge in [-0.2, -0.15) is 5.26 Å². The second kappa shape index (κ2) is 8.80. The lowest BCUT2D eigenvalue weighted by Gasteiger charge is -2.37. The maximum absolute atomic E-state index is 12.6. The fraction of sp³-hybridized carbons (Fsp3) is 0.200. The second-order valence-corrected chi connectivity index (χ2v) is 7.33. The van der Waals surface area contributed by atoms with Crippen LogP contribution in [0.25, 0.3) is 6.08 Å². The molecule has 6 nitrogen and oxygen atoms in total. The van der Waals surface area contributed by atoms with E-state index < -0.39 is 12.0 Å². The molecule has 4 rings (SSSR count). The van der Waals surface area contributed by atoms with Crippen LogP contribution in [0.2, 0.25) is 0 Å². The summed E-state index contributed by atoms with van der Waals surface area (Å²) in [6.45, 7) is 2.68. The van der Waals surface area contributed by atoms with Gasteiger partial charge in [0.2, 0.25) is 5.88 Å². The third-order valence-electron chi connectivity index (χ3n) is 5.34. The number of benzene rings is 2. The number of allylic oxidation sites excluding steroid dienone is 1. The lowest BCUT2D eigenvalue weighted by atomic mass is 9.80. The fourth-order valence-electron chi connectivity index (χ4n) is 3.99. The standard InChI is InChI=1S/C25H23N3O3/c1-2-30-25(29)28-15-19(13-17-9-5-3-6-10-17)23-21(16-28)22(18-11-7-4-8-12-18)20(14-26)24(27)31-23/h3-13,22H,2,15-16,27H2,1H3/b19-13+. The molecule has 1 amide bonds. The van der Waals surface area contributed by atoms with E-state index in [1.165, 1.54) is 0 Å². The number of amides is 1. The minimum Gasteiger partial charge on any atom is -0.450 e. The van der Waals surface area contributed by atoms with Gasteiger partial charge in [-0.15, -0.1) is 0 Å². The van der Waals surface area contributed by atoms with E-state index in [9.17, 15) is 10.1 Å². The first-order chi connectivity index (χ1) is 15.1. The van der Waals surface area contributed by atoms with Crippen molar-refractivity contribution < 1.29 is 14.3 Å². The highest BCUT2D eigenvalue weighted by Gasteiger charge is 2.39. The van der Waals surface area contributed by atoms with Gasteiger partial charge in [0.15, 0.2) is 0 Å². The highest BCUT2D eigenvalue weighted by Crippen LogP contribution is 2.43. The molecule has 0 fully saturated rings. The third-order valence-corrected chi connectivity index (χ3v) is 5.34. The fourth-order valence-corrected chi connectivity index (χ4v) is 3.99. The number of nitrogens with zero attached hydrogens (tertiary/aromatic N) is 2. The molecule has 1 atom stereocenters. The van der Waals surface area contributed by atoms with Crippen LogP contribution in [-0.2, 0) is 9.47 Å². The summed E-state index contributed by atoms with van der Waals surface area (Å²) in [6.07, 6.45) is 1.58. The van der Waals surface area contributed by atoms with Crippen molar-refractivity contribution in [3.05, 3.63) is 100 Å². The Balaban J connectivity index is 1.87. The zero-order valence-electron chi connectivity index (χ0n) is 17.2. The van der Waals surface area contributed by atoms with E-state index in [1.54, 1.807) is 11.8 Å². The molecule has 0 radical (unpaired) electrons. The Morgan fingerprint density at radius 1 is 1.19 bits per heavy atom. The van der Waals surface area contributed by atoms with Crippen LogP contribution in [0.5, 0.6) is 0 Å². The molecule has 0 bridgehead atoms. The quantitative estimate of drug-likeness (QED) is 0.810. The van der Waals surface area contributed by atoms with Crippen LogP contribution >= 0.6 is 0 Å². The molecule has 0 aromatic heterocycles. The molecule has 31 heavy (non-hydrogen) atoms. The number of rotatable bonds is 3. The number of hydrogen-bond acceptors (Lipinski definition) is 5. The highest BCUT2D eigenvalue weighted by molar-refractivity contribution is 5.72. The van der Waals surface area contributed by atoms with Crippen LogP contribution in [-0.4, -0.2) is 30.7 Å². The van der Waals surface area contributed by atoms with E-state index in [1.807, 2.05) is 66.7 Å². The molecular formula is C25H23N3O3. The average Bonchev–Trinajstić information content (AvgIpc) is 2.80. The summed E-state index contributed by atoms with van der Waals surface area (Å²) >= 11 is 0. The van der Waals surface area contributed by atoms with Gasteiger partial charge >= 0.3 is 6.09 Å². The normalized spacial score (nSPS) is 19.5. The molecule has 0 aliphatic carbocycles. The Labute approximate surface area is 181 Å². The van der Waals surface area contributed by atoms with Crippen molar-refractivity contribution in [1.29, 1.82) is 5.26 Å². The second-order valence-electron chi connectivity index (χ2n) is 7.33. The summed E-state index contributed by atoms with van der Waals surface area (Å²) in [7, 11) is 0. The van der Waals surface area contributed by atoms with Crippen LogP contribution in [0.1, 0.15) is 24.0 Å². The summed E-state index contributed by atoms with van der Waals surface area (Å²) in [4.78, 5) is 14.3. The van der Waals surface area contributed by atoms with E-state index in [0.717, 1.165) is 22.3 Å². The van der Waals surface area contributed by atoms with E-state index in [0.29, 0.717) is 17.9 Å². The van der Waals surface area contributed by atoms with Crippen molar-refractivity contribution in [2.75, 3.05) is 19.7 Å². The zero-order chi connectivity index (χ0) is 21.8. The van der Waals surface area contributed by atoms with Crippen molar-refractivity contribution in [2.45, 2.75) is 12.8 Å². The molecule has 2 aliphatic heterocycles. The van der Waals surface area contributed by atoms with E-state index in [-0.39, 0.29) is 19.0 Å². The number of nitrogens with two attached hydrogens (primary N) is 1. The summed E-state index contributed by atoms with van der Waals surface area (Å²) in [6, 6.07) is 21.7. The van der Waals surface area contributed by atoms with Crippen LogP contribution in [0.4, 0.5) is 4.79 Å². The van der Waals surface area contributed by atoms with Crippen LogP contribution in [0.3, 0.4) is 0 Å². The molecule has 0 spiro atoms. The van der Waals surface area contributed by atoms with Gasteiger partial charge < -0.3 is 15.2 Å². The average molecular weight is 413 g/mol. The minimum atomic E-state index is -0.402. The minimum absolute atomic E-state index is 0.0960. The van der Waals surface area contributed by atoms with Gasteiger partial charge in [-0.05, 0) is 24.1 Å². The van der Waals surface area contributed by atoms with Crippen LogP contribution < -0.4 is 5.73 Å². The SMILES string of the molecule is CCOC(=O)N1CC2=C(OC(N)=C(C#N)C2c2ccccc2)/C(=C/c2ccccc2)C1. The number of nitriles is 1. The lowest BCUT2D eigenvalue weighted by Crippen LogP contribution is -2.41. The predicted molar refractivity (Wildman–Crippen MR) is 117 cm³/mol. The molecule has 1 unspecified atom stereocenters. The van der Waals surface area contributed by atoms with E-state index in [2.05, 4.69) is 6.07 Å². The highest BCUT2D eigenvalue weighted by atomic mass is 16.6. The Morgan fingerprint density at radius 3 is 2.52 bits per heavy atom. The third kappa shape index (κ3) is 4.03.